The van der Waals surface area contributed by atoms with Gasteiger partial charge in [-0.15, -0.1) is 0 Å². The predicted molar refractivity (Wildman–Crippen MR) is 145 cm³/mol. The lowest BCUT2D eigenvalue weighted by Crippen LogP contribution is -2.73. The van der Waals surface area contributed by atoms with Gasteiger partial charge in [-0.25, -0.2) is 0 Å². The summed E-state index contributed by atoms with van der Waals surface area (Å²) in [5.41, 5.74) is -0.00536. The number of phenols is 1. The highest BCUT2D eigenvalue weighted by molar-refractivity contribution is 6.04. The van der Waals surface area contributed by atoms with Gasteiger partial charge >= 0.3 is 0 Å². The zero-order chi connectivity index (χ0) is 27.7. The van der Waals surface area contributed by atoms with Crippen molar-refractivity contribution in [3.05, 3.63) is 52.8 Å². The van der Waals surface area contributed by atoms with Gasteiger partial charge < -0.3 is 34.8 Å². The summed E-state index contributed by atoms with van der Waals surface area (Å²) in [6.45, 7) is 5.03. The van der Waals surface area contributed by atoms with Crippen LogP contribution in [0.25, 0.3) is 0 Å². The maximum absolute atomic E-state index is 13.3. The van der Waals surface area contributed by atoms with Crippen LogP contribution in [-0.2, 0) is 16.6 Å². The van der Waals surface area contributed by atoms with Gasteiger partial charge in [-0.2, -0.15) is 0 Å². The second kappa shape index (κ2) is 9.06. The van der Waals surface area contributed by atoms with Gasteiger partial charge in [0.2, 0.25) is 0 Å². The standard InChI is InChI=1S/C30H36N2O7/c1-16(28(35)31-19-8-10-21(37-3)22(14-19)38-4)25(34)27-30-11-12-32(15-17-5-6-17)23(29(30,2)36)13-18-7-9-20(33)26(39-27)24(18)30/h7-10,14,17,23,27,33-34,36H,5-6,11-13,15H2,1-4H3,(H,31,35)/b25-16-/t23-,27+,29-,30+/m1/s1. The van der Waals surface area contributed by atoms with E-state index >= 15 is 0 Å². The van der Waals surface area contributed by atoms with Crippen LogP contribution in [0.1, 0.15) is 44.2 Å². The number of hydrogen-bond donors (Lipinski definition) is 4. The number of aliphatic hydroxyl groups is 2. The molecule has 39 heavy (non-hydrogen) atoms. The lowest BCUT2D eigenvalue weighted by molar-refractivity contribution is -0.153. The van der Waals surface area contributed by atoms with E-state index in [9.17, 15) is 20.1 Å². The van der Waals surface area contributed by atoms with Crippen molar-refractivity contribution < 1.29 is 34.3 Å². The van der Waals surface area contributed by atoms with E-state index in [1.54, 1.807) is 24.3 Å². The number of methoxy groups -OCH3 is 2. The molecule has 6 rings (SSSR count). The number of hydrogen-bond acceptors (Lipinski definition) is 8. The summed E-state index contributed by atoms with van der Waals surface area (Å²) >= 11 is 0. The van der Waals surface area contributed by atoms with Crippen LogP contribution in [0.3, 0.4) is 0 Å². The number of phenolic OH excluding ortho intramolecular Hbond substituents is 1. The first-order chi connectivity index (χ1) is 18.6. The molecule has 2 aliphatic carbocycles. The van der Waals surface area contributed by atoms with Crippen molar-refractivity contribution in [1.29, 1.82) is 0 Å². The van der Waals surface area contributed by atoms with Gasteiger partial charge in [0.15, 0.2) is 29.1 Å². The molecular weight excluding hydrogens is 500 g/mol. The maximum atomic E-state index is 13.3. The third-order valence-electron chi connectivity index (χ3n) is 9.36. The number of aromatic hydroxyl groups is 1. The molecule has 2 aliphatic heterocycles. The highest BCUT2D eigenvalue weighted by atomic mass is 16.5. The molecule has 1 amide bonds. The highest BCUT2D eigenvalue weighted by Crippen LogP contribution is 2.63. The van der Waals surface area contributed by atoms with Crippen molar-refractivity contribution >= 4 is 11.6 Å². The van der Waals surface area contributed by atoms with Crippen LogP contribution in [0.5, 0.6) is 23.0 Å². The normalized spacial score (nSPS) is 29.7. The number of aliphatic hydroxyl groups excluding tert-OH is 1. The Labute approximate surface area is 228 Å². The number of ether oxygens (including phenoxy) is 3. The van der Waals surface area contributed by atoms with Crippen LogP contribution in [0, 0.1) is 5.92 Å². The van der Waals surface area contributed by atoms with Gasteiger partial charge in [0.05, 0.1) is 30.8 Å². The number of carbonyl (C=O) groups excluding carboxylic acids is 1. The summed E-state index contributed by atoms with van der Waals surface area (Å²) in [4.78, 5) is 15.7. The quantitative estimate of drug-likeness (QED) is 0.313. The molecule has 2 bridgehead atoms. The Bertz CT molecular complexity index is 1370. The van der Waals surface area contributed by atoms with E-state index in [2.05, 4.69) is 10.2 Å². The first-order valence-electron chi connectivity index (χ1n) is 13.5. The van der Waals surface area contributed by atoms with Crippen molar-refractivity contribution in [2.75, 3.05) is 32.6 Å². The highest BCUT2D eigenvalue weighted by Gasteiger charge is 2.69. The van der Waals surface area contributed by atoms with E-state index in [-0.39, 0.29) is 28.9 Å². The number of rotatable bonds is 7. The van der Waals surface area contributed by atoms with Gasteiger partial charge in [-0.05, 0) is 75.8 Å². The maximum Gasteiger partial charge on any atom is 0.254 e. The molecule has 1 spiro atoms. The van der Waals surface area contributed by atoms with Crippen LogP contribution in [-0.4, -0.2) is 71.2 Å². The second-order valence-electron chi connectivity index (χ2n) is 11.5. The lowest BCUT2D eigenvalue weighted by atomic mass is 9.53. The van der Waals surface area contributed by atoms with E-state index in [0.717, 1.165) is 24.2 Å². The molecule has 0 aromatic heterocycles. The predicted octanol–water partition coefficient (Wildman–Crippen LogP) is 3.67. The smallest absolute Gasteiger partial charge is 0.254 e. The number of piperidine rings is 1. The van der Waals surface area contributed by atoms with Crippen molar-refractivity contribution in [2.24, 2.45) is 5.92 Å². The first kappa shape index (κ1) is 25.8. The Morgan fingerprint density at radius 3 is 2.62 bits per heavy atom. The summed E-state index contributed by atoms with van der Waals surface area (Å²) in [7, 11) is 3.04. The molecule has 4 aliphatic rings. The Kier molecular flexibility index (Phi) is 6.00. The summed E-state index contributed by atoms with van der Waals surface area (Å²) in [6.07, 6.45) is 2.55. The van der Waals surface area contributed by atoms with E-state index in [4.69, 9.17) is 14.2 Å². The summed E-state index contributed by atoms with van der Waals surface area (Å²) in [6, 6.07) is 8.34. The average Bonchev–Trinajstić information content (AvgIpc) is 3.66. The minimum Gasteiger partial charge on any atom is -0.508 e. The number of nitrogens with zero attached hydrogens (tertiary/aromatic N) is 1. The molecular formula is C30H36N2O7. The number of amides is 1. The lowest BCUT2D eigenvalue weighted by Gasteiger charge is -2.59. The number of nitrogens with one attached hydrogen (secondary N) is 1. The molecule has 2 aromatic carbocycles. The summed E-state index contributed by atoms with van der Waals surface area (Å²) in [5, 5.41) is 37.5. The van der Waals surface area contributed by atoms with E-state index in [1.807, 2.05) is 13.0 Å². The zero-order valence-electron chi connectivity index (χ0n) is 22.8. The fourth-order valence-corrected chi connectivity index (χ4v) is 7.02. The van der Waals surface area contributed by atoms with Gasteiger partial charge in [0, 0.05) is 29.9 Å². The van der Waals surface area contributed by atoms with Crippen LogP contribution in [0.15, 0.2) is 41.7 Å². The van der Waals surface area contributed by atoms with E-state index in [1.165, 1.54) is 34.0 Å². The molecule has 208 valence electrons. The largest absolute Gasteiger partial charge is 0.508 e. The van der Waals surface area contributed by atoms with E-state index < -0.39 is 23.0 Å². The van der Waals surface area contributed by atoms with Gasteiger partial charge in [-0.3, -0.25) is 9.69 Å². The minimum atomic E-state index is -1.27. The Morgan fingerprint density at radius 2 is 1.92 bits per heavy atom. The molecule has 2 aromatic rings. The van der Waals surface area contributed by atoms with Crippen molar-refractivity contribution in [1.82, 2.24) is 4.90 Å². The number of benzene rings is 2. The first-order valence-corrected chi connectivity index (χ1v) is 13.5. The topological polar surface area (TPSA) is 121 Å². The van der Waals surface area contributed by atoms with E-state index in [0.29, 0.717) is 35.9 Å². The Balaban J connectivity index is 1.38. The van der Waals surface area contributed by atoms with Gasteiger partial charge in [0.25, 0.3) is 5.91 Å². The SMILES string of the molecule is COc1ccc(NC(=O)/C(C)=C(\O)[C@@H]2Oc3c(O)ccc4c3[C@@]23CCN(CC2CC2)[C@H](C4)[C@@]3(C)O)cc1OC. The molecule has 2 heterocycles. The fourth-order valence-electron chi connectivity index (χ4n) is 7.02. The van der Waals surface area contributed by atoms with Crippen molar-refractivity contribution in [2.45, 2.75) is 62.7 Å². The Morgan fingerprint density at radius 1 is 1.18 bits per heavy atom. The average molecular weight is 537 g/mol. The number of likely N-dealkylation sites (tertiary alicyclic amines) is 1. The van der Waals surface area contributed by atoms with Crippen LogP contribution in [0.2, 0.25) is 0 Å². The molecule has 1 saturated heterocycles. The number of anilines is 1. The van der Waals surface area contributed by atoms with Gasteiger partial charge in [0.1, 0.15) is 5.76 Å². The molecule has 4 N–H and O–H groups in total. The summed E-state index contributed by atoms with van der Waals surface area (Å²) in [5.74, 6) is 1.12. The zero-order valence-corrected chi connectivity index (χ0v) is 22.8. The minimum absolute atomic E-state index is 0.0366. The van der Waals surface area contributed by atoms with Gasteiger partial charge in [-0.1, -0.05) is 6.07 Å². The number of carbonyl (C=O) groups is 1. The number of fused-ring (bicyclic) bond motifs is 1. The molecule has 1 saturated carbocycles. The van der Waals surface area contributed by atoms with Crippen LogP contribution in [0.4, 0.5) is 5.69 Å². The summed E-state index contributed by atoms with van der Waals surface area (Å²) < 4.78 is 16.9. The molecule has 0 unspecified atom stereocenters. The molecule has 0 radical (unpaired) electrons. The fraction of sp³-hybridized carbons (Fsp3) is 0.500. The molecule has 4 atom stereocenters. The molecule has 2 fully saturated rings. The Hall–Kier alpha value is -3.43. The van der Waals surface area contributed by atoms with Crippen LogP contribution < -0.4 is 19.5 Å². The van der Waals surface area contributed by atoms with Crippen molar-refractivity contribution in [3.8, 4) is 23.0 Å². The third kappa shape index (κ3) is 3.77. The molecule has 9 nitrogen and oxygen atoms in total. The third-order valence-corrected chi connectivity index (χ3v) is 9.36. The second-order valence-corrected chi connectivity index (χ2v) is 11.5. The van der Waals surface area contributed by atoms with Crippen LogP contribution >= 0.6 is 0 Å². The molecule has 9 heteroatoms. The monoisotopic (exact) mass is 536 g/mol. The van der Waals surface area contributed by atoms with Crippen molar-refractivity contribution in [3.63, 3.8) is 0 Å².